The zero-order valence-corrected chi connectivity index (χ0v) is 15.2. The van der Waals surface area contributed by atoms with E-state index in [1.165, 1.54) is 17.0 Å². The maximum atomic E-state index is 13.0. The number of halogens is 3. The molecule has 0 aliphatic heterocycles. The number of carboxylic acid groups (broad SMARTS) is 1. The molecule has 0 aliphatic rings. The van der Waals surface area contributed by atoms with Crippen LogP contribution in [0, 0.1) is 0 Å². The predicted octanol–water partition coefficient (Wildman–Crippen LogP) is 4.26. The molecule has 0 saturated carbocycles. The third kappa shape index (κ3) is 6.29. The number of carbonyl (C=O) groups is 2. The normalized spacial score (nSPS) is 11.1. The van der Waals surface area contributed by atoms with Crippen LogP contribution in [0.2, 0.25) is 0 Å². The van der Waals surface area contributed by atoms with Gasteiger partial charge in [0.05, 0.1) is 6.42 Å². The number of nitrogens with zero attached hydrogens (tertiary/aromatic N) is 1. The highest BCUT2D eigenvalue weighted by atomic mass is 19.4. The molecule has 2 aromatic carbocycles. The molecule has 5 nitrogen and oxygen atoms in total. The Balaban J connectivity index is 2.21. The van der Waals surface area contributed by atoms with Gasteiger partial charge in [0.15, 0.2) is 0 Å². The van der Waals surface area contributed by atoms with Gasteiger partial charge in [0.25, 0.3) is 5.91 Å². The predicted molar refractivity (Wildman–Crippen MR) is 95.9 cm³/mol. The number of amides is 1. The Bertz CT molecular complexity index is 819. The summed E-state index contributed by atoms with van der Waals surface area (Å²) in [5.74, 6) is -1.74. The van der Waals surface area contributed by atoms with E-state index in [2.05, 4.69) is 4.74 Å². The van der Waals surface area contributed by atoms with Gasteiger partial charge in [-0.05, 0) is 35.7 Å². The molecule has 0 bridgehead atoms. The molecule has 0 aromatic heterocycles. The molecule has 0 heterocycles. The summed E-state index contributed by atoms with van der Waals surface area (Å²) in [6.07, 6.45) is -4.39. The van der Waals surface area contributed by atoms with E-state index in [-0.39, 0.29) is 31.2 Å². The van der Waals surface area contributed by atoms with Crippen LogP contribution in [0.25, 0.3) is 0 Å². The minimum atomic E-state index is -4.78. The molecule has 2 rings (SSSR count). The van der Waals surface area contributed by atoms with Gasteiger partial charge in [0.1, 0.15) is 5.75 Å². The number of benzene rings is 2. The summed E-state index contributed by atoms with van der Waals surface area (Å²) in [6.45, 7) is 1.95. The lowest BCUT2D eigenvalue weighted by atomic mass is 10.0. The molecule has 0 saturated heterocycles. The van der Waals surface area contributed by atoms with E-state index in [0.717, 1.165) is 17.7 Å². The monoisotopic (exact) mass is 395 g/mol. The van der Waals surface area contributed by atoms with Gasteiger partial charge < -0.3 is 14.7 Å². The number of rotatable bonds is 8. The van der Waals surface area contributed by atoms with Crippen molar-refractivity contribution in [3.8, 4) is 5.75 Å². The number of alkyl halides is 3. The Kier molecular flexibility index (Phi) is 7.03. The van der Waals surface area contributed by atoms with E-state index in [1.54, 1.807) is 12.1 Å². The Morgan fingerprint density at radius 3 is 2.29 bits per heavy atom. The summed E-state index contributed by atoms with van der Waals surface area (Å²) in [5, 5.41) is 8.97. The smallest absolute Gasteiger partial charge is 0.481 e. The van der Waals surface area contributed by atoms with E-state index < -0.39 is 12.3 Å². The quantitative estimate of drug-likeness (QED) is 0.725. The number of carboxylic acids is 1. The average molecular weight is 395 g/mol. The van der Waals surface area contributed by atoms with Crippen molar-refractivity contribution in [2.45, 2.75) is 32.7 Å². The zero-order valence-electron chi connectivity index (χ0n) is 15.2. The van der Waals surface area contributed by atoms with E-state index in [4.69, 9.17) is 5.11 Å². The van der Waals surface area contributed by atoms with Crippen LogP contribution in [-0.4, -0.2) is 34.8 Å². The zero-order chi connectivity index (χ0) is 20.7. The second kappa shape index (κ2) is 9.25. The molecular formula is C20H20F3NO4. The van der Waals surface area contributed by atoms with E-state index in [1.807, 2.05) is 19.1 Å². The number of aryl methyl sites for hydroxylation is 1. The molecule has 0 unspecified atom stereocenters. The van der Waals surface area contributed by atoms with Crippen molar-refractivity contribution in [2.24, 2.45) is 0 Å². The van der Waals surface area contributed by atoms with Crippen LogP contribution in [0.1, 0.15) is 34.8 Å². The van der Waals surface area contributed by atoms with Crippen LogP contribution in [0.5, 0.6) is 5.75 Å². The third-order valence-electron chi connectivity index (χ3n) is 4.04. The molecule has 8 heteroatoms. The van der Waals surface area contributed by atoms with E-state index >= 15 is 0 Å². The van der Waals surface area contributed by atoms with Gasteiger partial charge in [-0.1, -0.05) is 37.3 Å². The van der Waals surface area contributed by atoms with Crippen molar-refractivity contribution in [1.82, 2.24) is 4.90 Å². The van der Waals surface area contributed by atoms with Crippen molar-refractivity contribution in [3.05, 3.63) is 65.2 Å². The first-order valence-electron chi connectivity index (χ1n) is 8.63. The maximum Gasteiger partial charge on any atom is 0.573 e. The van der Waals surface area contributed by atoms with Gasteiger partial charge in [0.2, 0.25) is 0 Å². The minimum Gasteiger partial charge on any atom is -0.481 e. The minimum absolute atomic E-state index is 0.0208. The second-order valence-electron chi connectivity index (χ2n) is 6.07. The largest absolute Gasteiger partial charge is 0.573 e. The summed E-state index contributed by atoms with van der Waals surface area (Å²) in [6, 6.07) is 12.2. The topological polar surface area (TPSA) is 66.8 Å². The number of hydrogen-bond donors (Lipinski definition) is 1. The molecule has 2 aromatic rings. The van der Waals surface area contributed by atoms with Crippen LogP contribution in [0.4, 0.5) is 13.2 Å². The molecule has 1 N–H and O–H groups in total. The molecule has 150 valence electrons. The van der Waals surface area contributed by atoms with Crippen molar-refractivity contribution < 1.29 is 32.6 Å². The van der Waals surface area contributed by atoms with E-state index in [9.17, 15) is 22.8 Å². The Hall–Kier alpha value is -3.03. The molecule has 0 spiro atoms. The molecule has 0 atom stereocenters. The third-order valence-corrected chi connectivity index (χ3v) is 4.04. The van der Waals surface area contributed by atoms with Crippen molar-refractivity contribution in [1.29, 1.82) is 0 Å². The van der Waals surface area contributed by atoms with Crippen molar-refractivity contribution >= 4 is 11.9 Å². The fourth-order valence-corrected chi connectivity index (χ4v) is 2.71. The van der Waals surface area contributed by atoms with Crippen LogP contribution >= 0.6 is 0 Å². The first-order chi connectivity index (χ1) is 13.2. The molecular weight excluding hydrogens is 375 g/mol. The highest BCUT2D eigenvalue weighted by molar-refractivity contribution is 5.95. The molecule has 0 aliphatic carbocycles. The van der Waals surface area contributed by atoms with Crippen molar-refractivity contribution in [2.75, 3.05) is 6.54 Å². The molecule has 1 amide bonds. The van der Waals surface area contributed by atoms with Crippen LogP contribution in [0.3, 0.4) is 0 Å². The molecule has 28 heavy (non-hydrogen) atoms. The van der Waals surface area contributed by atoms with Gasteiger partial charge in [-0.25, -0.2) is 0 Å². The van der Waals surface area contributed by atoms with Gasteiger partial charge >= 0.3 is 12.3 Å². The first kappa shape index (κ1) is 21.3. The van der Waals surface area contributed by atoms with Gasteiger partial charge in [-0.3, -0.25) is 9.59 Å². The lowest BCUT2D eigenvalue weighted by Gasteiger charge is -2.23. The SMILES string of the molecule is CCc1ccccc1C(=O)N(CCC(=O)O)Cc1ccc(OC(F)(F)F)cc1. The van der Waals surface area contributed by atoms with Crippen LogP contribution in [0.15, 0.2) is 48.5 Å². The number of aliphatic carboxylic acids is 1. The summed E-state index contributed by atoms with van der Waals surface area (Å²) in [4.78, 5) is 25.3. The number of carbonyl (C=O) groups excluding carboxylic acids is 1. The standard InChI is InChI=1S/C20H20F3NO4/c1-2-15-5-3-4-6-17(15)19(27)24(12-11-18(25)26)13-14-7-9-16(10-8-14)28-20(21,22)23/h3-10H,2,11-13H2,1H3,(H,25,26). The maximum absolute atomic E-state index is 13.0. The number of hydrogen-bond acceptors (Lipinski definition) is 3. The van der Waals surface area contributed by atoms with Crippen LogP contribution < -0.4 is 4.74 Å². The average Bonchev–Trinajstić information content (AvgIpc) is 2.64. The fourth-order valence-electron chi connectivity index (χ4n) is 2.71. The summed E-state index contributed by atoms with van der Waals surface area (Å²) < 4.78 is 40.6. The van der Waals surface area contributed by atoms with Gasteiger partial charge in [0, 0.05) is 18.7 Å². The fraction of sp³-hybridized carbons (Fsp3) is 0.300. The molecule has 0 fully saturated rings. The van der Waals surface area contributed by atoms with Gasteiger partial charge in [-0.15, -0.1) is 13.2 Å². The highest BCUT2D eigenvalue weighted by Crippen LogP contribution is 2.23. The van der Waals surface area contributed by atoms with E-state index in [0.29, 0.717) is 17.5 Å². The Morgan fingerprint density at radius 2 is 1.71 bits per heavy atom. The van der Waals surface area contributed by atoms with Gasteiger partial charge in [-0.2, -0.15) is 0 Å². The summed E-state index contributed by atoms with van der Waals surface area (Å²) in [5.41, 5.74) is 1.87. The Morgan fingerprint density at radius 1 is 1.07 bits per heavy atom. The van der Waals surface area contributed by atoms with Crippen LogP contribution in [-0.2, 0) is 17.8 Å². The number of ether oxygens (including phenoxy) is 1. The summed E-state index contributed by atoms with van der Waals surface area (Å²) >= 11 is 0. The highest BCUT2D eigenvalue weighted by Gasteiger charge is 2.31. The lowest BCUT2D eigenvalue weighted by Crippen LogP contribution is -2.33. The Labute approximate surface area is 160 Å². The lowest BCUT2D eigenvalue weighted by molar-refractivity contribution is -0.274. The molecule has 0 radical (unpaired) electrons. The second-order valence-corrected chi connectivity index (χ2v) is 6.07. The first-order valence-corrected chi connectivity index (χ1v) is 8.63. The van der Waals surface area contributed by atoms with Crippen molar-refractivity contribution in [3.63, 3.8) is 0 Å². The summed E-state index contributed by atoms with van der Waals surface area (Å²) in [7, 11) is 0.